The Bertz CT molecular complexity index is 834. The Hall–Kier alpha value is -2.31. The maximum absolute atomic E-state index is 12.6. The minimum atomic E-state index is -0.219. The standard InChI is InChI=1S/C19H20Cl2N4O2/c1-12(26)23-17-10-15(3-4-16(17)21)24-19(27)13-6-8-25(9-7-13)18-5-2-14(20)11-22-18/h2-5,10-11,13H,6-9H2,1H3,(H,23,26)(H,24,27). The van der Waals surface area contributed by atoms with Gasteiger partial charge in [-0.15, -0.1) is 0 Å². The maximum Gasteiger partial charge on any atom is 0.227 e. The zero-order chi connectivity index (χ0) is 19.4. The molecular weight excluding hydrogens is 387 g/mol. The van der Waals surface area contributed by atoms with Crippen LogP contribution < -0.4 is 15.5 Å². The van der Waals surface area contributed by atoms with E-state index in [1.807, 2.05) is 12.1 Å². The number of amides is 2. The summed E-state index contributed by atoms with van der Waals surface area (Å²) in [5.41, 5.74) is 1.08. The van der Waals surface area contributed by atoms with Crippen molar-refractivity contribution >= 4 is 52.2 Å². The van der Waals surface area contributed by atoms with Gasteiger partial charge >= 0.3 is 0 Å². The highest BCUT2D eigenvalue weighted by Crippen LogP contribution is 2.27. The molecular formula is C19H20Cl2N4O2. The molecule has 2 N–H and O–H groups in total. The zero-order valence-corrected chi connectivity index (χ0v) is 16.3. The number of carbonyl (C=O) groups is 2. The first kappa shape index (κ1) is 19.5. The number of rotatable bonds is 4. The minimum absolute atomic E-state index is 0.0326. The van der Waals surface area contributed by atoms with Gasteiger partial charge in [-0.25, -0.2) is 4.98 Å². The summed E-state index contributed by atoms with van der Waals surface area (Å²) >= 11 is 11.9. The first-order chi connectivity index (χ1) is 12.9. The number of hydrogen-bond acceptors (Lipinski definition) is 4. The van der Waals surface area contributed by atoms with Crippen LogP contribution in [0, 0.1) is 5.92 Å². The van der Waals surface area contributed by atoms with Crippen LogP contribution in [0.1, 0.15) is 19.8 Å². The van der Waals surface area contributed by atoms with Crippen LogP contribution in [-0.4, -0.2) is 29.9 Å². The van der Waals surface area contributed by atoms with Crippen molar-refractivity contribution < 1.29 is 9.59 Å². The molecule has 0 radical (unpaired) electrons. The fourth-order valence-corrected chi connectivity index (χ4v) is 3.34. The van der Waals surface area contributed by atoms with Crippen molar-refractivity contribution in [3.8, 4) is 0 Å². The molecule has 0 atom stereocenters. The van der Waals surface area contributed by atoms with Crippen molar-refractivity contribution in [1.29, 1.82) is 0 Å². The van der Waals surface area contributed by atoms with Gasteiger partial charge in [-0.2, -0.15) is 0 Å². The number of aromatic nitrogens is 1. The van der Waals surface area contributed by atoms with Crippen molar-refractivity contribution in [2.24, 2.45) is 5.92 Å². The number of nitrogens with one attached hydrogen (secondary N) is 2. The van der Waals surface area contributed by atoms with Crippen molar-refractivity contribution in [3.05, 3.63) is 46.6 Å². The van der Waals surface area contributed by atoms with Crippen molar-refractivity contribution in [1.82, 2.24) is 4.98 Å². The second kappa shape index (κ2) is 8.59. The highest BCUT2D eigenvalue weighted by molar-refractivity contribution is 6.33. The largest absolute Gasteiger partial charge is 0.357 e. The lowest BCUT2D eigenvalue weighted by Crippen LogP contribution is -2.38. The van der Waals surface area contributed by atoms with Gasteiger partial charge in [0.25, 0.3) is 0 Å². The number of anilines is 3. The summed E-state index contributed by atoms with van der Waals surface area (Å²) in [6, 6.07) is 8.74. The molecule has 0 aliphatic carbocycles. The van der Waals surface area contributed by atoms with Gasteiger partial charge in [0.15, 0.2) is 0 Å². The second-order valence-corrected chi connectivity index (χ2v) is 7.30. The van der Waals surface area contributed by atoms with Crippen molar-refractivity contribution in [3.63, 3.8) is 0 Å². The first-order valence-corrected chi connectivity index (χ1v) is 9.42. The van der Waals surface area contributed by atoms with Gasteiger partial charge in [-0.3, -0.25) is 9.59 Å². The summed E-state index contributed by atoms with van der Waals surface area (Å²) in [5, 5.41) is 6.59. The van der Waals surface area contributed by atoms with E-state index in [-0.39, 0.29) is 17.7 Å². The van der Waals surface area contributed by atoms with Crippen LogP contribution >= 0.6 is 23.2 Å². The monoisotopic (exact) mass is 406 g/mol. The second-order valence-electron chi connectivity index (χ2n) is 6.46. The number of halogens is 2. The van der Waals surface area contributed by atoms with Crippen LogP contribution in [0.25, 0.3) is 0 Å². The Labute approximate surface area is 167 Å². The summed E-state index contributed by atoms with van der Waals surface area (Å²) in [5.74, 6) is 0.544. The Morgan fingerprint density at radius 2 is 1.85 bits per heavy atom. The molecule has 2 heterocycles. The fourth-order valence-electron chi connectivity index (χ4n) is 3.06. The van der Waals surface area contributed by atoms with Gasteiger partial charge in [-0.1, -0.05) is 23.2 Å². The predicted molar refractivity (Wildman–Crippen MR) is 109 cm³/mol. The third kappa shape index (κ3) is 5.11. The molecule has 1 fully saturated rings. The Kier molecular flexibility index (Phi) is 6.19. The topological polar surface area (TPSA) is 74.3 Å². The third-order valence-electron chi connectivity index (χ3n) is 4.45. The summed E-state index contributed by atoms with van der Waals surface area (Å²) in [6.45, 7) is 2.92. The number of hydrogen-bond donors (Lipinski definition) is 2. The van der Waals surface area contributed by atoms with Crippen molar-refractivity contribution in [2.45, 2.75) is 19.8 Å². The average Bonchev–Trinajstić information content (AvgIpc) is 2.65. The Morgan fingerprint density at radius 3 is 2.48 bits per heavy atom. The van der Waals surface area contributed by atoms with Crippen LogP contribution in [0.4, 0.5) is 17.2 Å². The van der Waals surface area contributed by atoms with Crippen LogP contribution in [0.3, 0.4) is 0 Å². The van der Waals surface area contributed by atoms with Crippen LogP contribution in [0.2, 0.25) is 10.0 Å². The lowest BCUT2D eigenvalue weighted by Gasteiger charge is -2.32. The predicted octanol–water partition coefficient (Wildman–Crippen LogP) is 4.20. The number of piperidine rings is 1. The van der Waals surface area contributed by atoms with E-state index in [1.54, 1.807) is 24.4 Å². The van der Waals surface area contributed by atoms with Gasteiger partial charge in [0.05, 0.1) is 15.7 Å². The lowest BCUT2D eigenvalue weighted by molar-refractivity contribution is -0.120. The van der Waals surface area contributed by atoms with Crippen LogP contribution in [-0.2, 0) is 9.59 Å². The number of carbonyl (C=O) groups excluding carboxylic acids is 2. The van der Waals surface area contributed by atoms with Gasteiger partial charge in [0, 0.05) is 37.8 Å². The van der Waals surface area contributed by atoms with E-state index in [4.69, 9.17) is 23.2 Å². The van der Waals surface area contributed by atoms with Crippen LogP contribution in [0.15, 0.2) is 36.5 Å². The molecule has 27 heavy (non-hydrogen) atoms. The lowest BCUT2D eigenvalue weighted by atomic mass is 9.95. The molecule has 3 rings (SSSR count). The van der Waals surface area contributed by atoms with Crippen LogP contribution in [0.5, 0.6) is 0 Å². The number of pyridine rings is 1. The molecule has 1 aliphatic heterocycles. The average molecular weight is 407 g/mol. The Balaban J connectivity index is 1.58. The van der Waals surface area contributed by atoms with Gasteiger partial charge in [0.2, 0.25) is 11.8 Å². The molecule has 0 unspecified atom stereocenters. The molecule has 0 saturated carbocycles. The molecule has 1 aliphatic rings. The van der Waals surface area contributed by atoms with E-state index in [2.05, 4.69) is 20.5 Å². The number of benzene rings is 1. The molecule has 2 aromatic rings. The maximum atomic E-state index is 12.6. The molecule has 0 bridgehead atoms. The highest BCUT2D eigenvalue weighted by atomic mass is 35.5. The van der Waals surface area contributed by atoms with E-state index < -0.39 is 0 Å². The molecule has 2 amide bonds. The molecule has 1 aromatic heterocycles. The third-order valence-corrected chi connectivity index (χ3v) is 5.00. The van der Waals surface area contributed by atoms with E-state index >= 15 is 0 Å². The molecule has 1 saturated heterocycles. The molecule has 8 heteroatoms. The van der Waals surface area contributed by atoms with E-state index in [0.29, 0.717) is 21.4 Å². The first-order valence-electron chi connectivity index (χ1n) is 8.67. The van der Waals surface area contributed by atoms with E-state index in [0.717, 1.165) is 31.7 Å². The SMILES string of the molecule is CC(=O)Nc1cc(NC(=O)C2CCN(c3ccc(Cl)cn3)CC2)ccc1Cl. The van der Waals surface area contributed by atoms with Gasteiger partial charge in [0.1, 0.15) is 5.82 Å². The quantitative estimate of drug-likeness (QED) is 0.797. The molecule has 142 valence electrons. The van der Waals surface area contributed by atoms with Gasteiger partial charge < -0.3 is 15.5 Å². The van der Waals surface area contributed by atoms with E-state index in [9.17, 15) is 9.59 Å². The van der Waals surface area contributed by atoms with Crippen molar-refractivity contribution in [2.75, 3.05) is 28.6 Å². The highest BCUT2D eigenvalue weighted by Gasteiger charge is 2.25. The summed E-state index contributed by atoms with van der Waals surface area (Å²) in [6.07, 6.45) is 3.10. The minimum Gasteiger partial charge on any atom is -0.357 e. The molecule has 6 nitrogen and oxygen atoms in total. The fraction of sp³-hybridized carbons (Fsp3) is 0.316. The van der Waals surface area contributed by atoms with Gasteiger partial charge in [-0.05, 0) is 43.2 Å². The number of nitrogens with zero attached hydrogens (tertiary/aromatic N) is 2. The summed E-state index contributed by atoms with van der Waals surface area (Å²) in [7, 11) is 0. The smallest absolute Gasteiger partial charge is 0.227 e. The molecule has 1 aromatic carbocycles. The normalized spacial score (nSPS) is 14.7. The molecule has 0 spiro atoms. The zero-order valence-electron chi connectivity index (χ0n) is 14.8. The summed E-state index contributed by atoms with van der Waals surface area (Å²) < 4.78 is 0. The summed E-state index contributed by atoms with van der Waals surface area (Å²) in [4.78, 5) is 30.3. The van der Waals surface area contributed by atoms with E-state index in [1.165, 1.54) is 6.92 Å². The Morgan fingerprint density at radius 1 is 1.11 bits per heavy atom.